The minimum absolute atomic E-state index is 0.0651. The van der Waals surface area contributed by atoms with Crippen LogP contribution in [0.4, 0.5) is 0 Å². The Morgan fingerprint density at radius 2 is 1.96 bits per heavy atom. The van der Waals surface area contributed by atoms with E-state index in [1.807, 2.05) is 30.3 Å². The number of amides is 2. The van der Waals surface area contributed by atoms with Gasteiger partial charge < -0.3 is 14.5 Å². The summed E-state index contributed by atoms with van der Waals surface area (Å²) in [5.74, 6) is -1.04. The van der Waals surface area contributed by atoms with Crippen LogP contribution in [0.2, 0.25) is 0 Å². The lowest BCUT2D eigenvalue weighted by molar-refractivity contribution is -0.148. The molecule has 1 aliphatic rings. The number of pyridine rings is 1. The summed E-state index contributed by atoms with van der Waals surface area (Å²) in [6.45, 7) is 0.499. The molecule has 24 heavy (non-hydrogen) atoms. The van der Waals surface area contributed by atoms with Gasteiger partial charge in [0.2, 0.25) is 5.91 Å². The summed E-state index contributed by atoms with van der Waals surface area (Å²) < 4.78 is 4.56. The predicted molar refractivity (Wildman–Crippen MR) is 86.2 cm³/mol. The molecule has 0 bridgehead atoms. The van der Waals surface area contributed by atoms with Crippen molar-refractivity contribution in [1.82, 2.24) is 14.8 Å². The largest absolute Gasteiger partial charge is 0.468 e. The zero-order valence-corrected chi connectivity index (χ0v) is 13.3. The van der Waals surface area contributed by atoms with E-state index in [1.165, 1.54) is 16.9 Å². The number of benzene rings is 1. The van der Waals surface area contributed by atoms with Crippen LogP contribution >= 0.6 is 0 Å². The van der Waals surface area contributed by atoms with Crippen molar-refractivity contribution in [3.05, 3.63) is 42.1 Å². The van der Waals surface area contributed by atoms with Crippen LogP contribution in [0.15, 0.2) is 36.4 Å². The summed E-state index contributed by atoms with van der Waals surface area (Å²) in [5.41, 5.74) is 1.04. The Bertz CT molecular complexity index is 805. The summed E-state index contributed by atoms with van der Waals surface area (Å²) in [7, 11) is 1.28. The topological polar surface area (TPSA) is 79.8 Å². The van der Waals surface area contributed by atoms with Gasteiger partial charge in [-0.3, -0.25) is 14.4 Å². The van der Waals surface area contributed by atoms with Crippen LogP contribution in [0.25, 0.3) is 10.9 Å². The van der Waals surface area contributed by atoms with E-state index >= 15 is 0 Å². The maximum absolute atomic E-state index is 12.6. The molecule has 0 N–H and O–H groups in total. The molecule has 0 radical (unpaired) electrons. The van der Waals surface area contributed by atoms with E-state index in [9.17, 15) is 14.4 Å². The van der Waals surface area contributed by atoms with Crippen molar-refractivity contribution in [2.75, 3.05) is 33.3 Å². The van der Waals surface area contributed by atoms with Crippen molar-refractivity contribution in [2.24, 2.45) is 0 Å². The number of rotatable bonds is 3. The Morgan fingerprint density at radius 1 is 1.17 bits per heavy atom. The Balaban J connectivity index is 1.71. The highest BCUT2D eigenvalue weighted by Gasteiger charge is 2.29. The first-order valence-corrected chi connectivity index (χ1v) is 7.58. The number of hydrogen-bond acceptors (Lipinski definition) is 5. The van der Waals surface area contributed by atoms with E-state index < -0.39 is 5.97 Å². The first-order chi connectivity index (χ1) is 11.6. The molecule has 0 spiro atoms. The second-order valence-electron chi connectivity index (χ2n) is 5.51. The van der Waals surface area contributed by atoms with Crippen molar-refractivity contribution < 1.29 is 19.1 Å². The summed E-state index contributed by atoms with van der Waals surface area (Å²) in [4.78, 5) is 43.2. The van der Waals surface area contributed by atoms with Gasteiger partial charge in [0.25, 0.3) is 5.91 Å². The van der Waals surface area contributed by atoms with Crippen LogP contribution in [0.3, 0.4) is 0 Å². The highest BCUT2D eigenvalue weighted by Crippen LogP contribution is 2.14. The van der Waals surface area contributed by atoms with Crippen LogP contribution in [-0.4, -0.2) is 65.9 Å². The SMILES string of the molecule is COC(=O)CN1CCN(C(=O)c2ccc3ccccc3n2)CC1=O. The van der Waals surface area contributed by atoms with Gasteiger partial charge in [-0.2, -0.15) is 0 Å². The number of carbonyl (C=O) groups is 3. The maximum atomic E-state index is 12.6. The highest BCUT2D eigenvalue weighted by molar-refractivity contribution is 5.97. The first kappa shape index (κ1) is 15.9. The van der Waals surface area contributed by atoms with Crippen LogP contribution in [-0.2, 0) is 14.3 Å². The molecule has 0 unspecified atom stereocenters. The number of esters is 1. The summed E-state index contributed by atoms with van der Waals surface area (Å²) in [6, 6.07) is 11.0. The standard InChI is InChI=1S/C17H17N3O4/c1-24-16(22)11-19-8-9-20(10-15(19)21)17(23)14-7-6-12-4-2-3-5-13(12)18-14/h2-7H,8-11H2,1H3. The summed E-state index contributed by atoms with van der Waals surface area (Å²) in [6.07, 6.45) is 0. The molecule has 3 rings (SSSR count). The van der Waals surface area contributed by atoms with Gasteiger partial charge in [0.15, 0.2) is 0 Å². The monoisotopic (exact) mass is 327 g/mol. The summed E-state index contributed by atoms with van der Waals surface area (Å²) in [5, 5.41) is 0.952. The zero-order valence-electron chi connectivity index (χ0n) is 13.3. The van der Waals surface area contributed by atoms with Gasteiger partial charge in [-0.05, 0) is 12.1 Å². The normalized spacial score (nSPS) is 14.8. The Labute approximate surface area is 138 Å². The summed E-state index contributed by atoms with van der Waals surface area (Å²) >= 11 is 0. The van der Waals surface area contributed by atoms with E-state index in [-0.39, 0.29) is 24.9 Å². The lowest BCUT2D eigenvalue weighted by atomic mass is 10.2. The van der Waals surface area contributed by atoms with Crippen molar-refractivity contribution in [1.29, 1.82) is 0 Å². The Hall–Kier alpha value is -2.96. The molecule has 2 amide bonds. The number of hydrogen-bond donors (Lipinski definition) is 0. The fraction of sp³-hybridized carbons (Fsp3) is 0.294. The van der Waals surface area contributed by atoms with E-state index in [1.54, 1.807) is 6.07 Å². The lowest BCUT2D eigenvalue weighted by Gasteiger charge is -2.33. The van der Waals surface area contributed by atoms with Crippen LogP contribution in [0.5, 0.6) is 0 Å². The molecule has 2 heterocycles. The van der Waals surface area contributed by atoms with Gasteiger partial charge in [-0.25, -0.2) is 4.98 Å². The number of aromatic nitrogens is 1. The minimum atomic E-state index is -0.473. The third kappa shape index (κ3) is 3.19. The van der Waals surface area contributed by atoms with Gasteiger partial charge in [-0.15, -0.1) is 0 Å². The first-order valence-electron chi connectivity index (χ1n) is 7.58. The zero-order chi connectivity index (χ0) is 17.1. The molecule has 0 atom stereocenters. The number of para-hydroxylation sites is 1. The maximum Gasteiger partial charge on any atom is 0.325 e. The number of piperazine rings is 1. The van der Waals surface area contributed by atoms with Crippen molar-refractivity contribution in [3.8, 4) is 0 Å². The molecule has 0 saturated carbocycles. The molecule has 2 aromatic rings. The van der Waals surface area contributed by atoms with Crippen molar-refractivity contribution in [3.63, 3.8) is 0 Å². The average Bonchev–Trinajstić information content (AvgIpc) is 2.62. The number of carbonyl (C=O) groups excluding carboxylic acids is 3. The number of methoxy groups -OCH3 is 1. The molecule has 1 saturated heterocycles. The van der Waals surface area contributed by atoms with Crippen LogP contribution in [0.1, 0.15) is 10.5 Å². The molecule has 0 aliphatic carbocycles. The van der Waals surface area contributed by atoms with Crippen molar-refractivity contribution in [2.45, 2.75) is 0 Å². The fourth-order valence-corrected chi connectivity index (χ4v) is 2.62. The van der Waals surface area contributed by atoms with Crippen LogP contribution < -0.4 is 0 Å². The third-order valence-corrected chi connectivity index (χ3v) is 3.97. The molecule has 1 aromatic heterocycles. The van der Waals surface area contributed by atoms with E-state index in [2.05, 4.69) is 9.72 Å². The van der Waals surface area contributed by atoms with E-state index in [0.717, 1.165) is 10.9 Å². The molecule has 1 fully saturated rings. The molecule has 1 aliphatic heterocycles. The quantitative estimate of drug-likeness (QED) is 0.775. The number of nitrogens with zero attached hydrogens (tertiary/aromatic N) is 3. The smallest absolute Gasteiger partial charge is 0.325 e. The van der Waals surface area contributed by atoms with Crippen LogP contribution in [0, 0.1) is 0 Å². The van der Waals surface area contributed by atoms with Gasteiger partial charge in [0, 0.05) is 18.5 Å². The number of ether oxygens (including phenoxy) is 1. The molecular weight excluding hydrogens is 310 g/mol. The second kappa shape index (κ2) is 6.66. The molecule has 1 aromatic carbocycles. The van der Waals surface area contributed by atoms with E-state index in [0.29, 0.717) is 18.8 Å². The second-order valence-corrected chi connectivity index (χ2v) is 5.51. The molecule has 124 valence electrons. The molecular formula is C17H17N3O4. The molecule has 7 nitrogen and oxygen atoms in total. The van der Waals surface area contributed by atoms with Gasteiger partial charge in [0.05, 0.1) is 12.6 Å². The molecule has 7 heteroatoms. The Kier molecular flexibility index (Phi) is 4.41. The average molecular weight is 327 g/mol. The predicted octanol–water partition coefficient (Wildman–Crippen LogP) is 0.692. The highest BCUT2D eigenvalue weighted by atomic mass is 16.5. The lowest BCUT2D eigenvalue weighted by Crippen LogP contribution is -2.53. The van der Waals surface area contributed by atoms with Crippen molar-refractivity contribution >= 4 is 28.7 Å². The number of fused-ring (bicyclic) bond motifs is 1. The minimum Gasteiger partial charge on any atom is -0.468 e. The van der Waals surface area contributed by atoms with Gasteiger partial charge in [-0.1, -0.05) is 24.3 Å². The van der Waals surface area contributed by atoms with E-state index in [4.69, 9.17) is 0 Å². The van der Waals surface area contributed by atoms with Gasteiger partial charge >= 0.3 is 5.97 Å². The fourth-order valence-electron chi connectivity index (χ4n) is 2.62. The third-order valence-electron chi connectivity index (χ3n) is 3.97. The van der Waals surface area contributed by atoms with Gasteiger partial charge in [0.1, 0.15) is 18.8 Å². The Morgan fingerprint density at radius 3 is 2.71 bits per heavy atom.